The first kappa shape index (κ1) is 19.9. The first-order chi connectivity index (χ1) is 12.5. The van der Waals surface area contributed by atoms with E-state index in [1.807, 2.05) is 19.1 Å². The van der Waals surface area contributed by atoms with Crippen LogP contribution in [-0.4, -0.2) is 48.8 Å². The van der Waals surface area contributed by atoms with Gasteiger partial charge >= 0.3 is 12.0 Å². The van der Waals surface area contributed by atoms with E-state index in [0.29, 0.717) is 50.3 Å². The summed E-state index contributed by atoms with van der Waals surface area (Å²) >= 11 is 0. The zero-order valence-electron chi connectivity index (χ0n) is 15.7. The van der Waals surface area contributed by atoms with E-state index in [1.165, 1.54) is 0 Å². The van der Waals surface area contributed by atoms with E-state index in [2.05, 4.69) is 5.32 Å². The number of nitrogens with one attached hydrogen (secondary N) is 1. The van der Waals surface area contributed by atoms with Crippen LogP contribution >= 0.6 is 0 Å². The van der Waals surface area contributed by atoms with Gasteiger partial charge in [-0.3, -0.25) is 4.79 Å². The van der Waals surface area contributed by atoms with Crippen LogP contribution in [0.5, 0.6) is 11.5 Å². The summed E-state index contributed by atoms with van der Waals surface area (Å²) in [6, 6.07) is 5.44. The van der Waals surface area contributed by atoms with Crippen LogP contribution in [0.4, 0.5) is 4.79 Å². The molecule has 0 bridgehead atoms. The van der Waals surface area contributed by atoms with Gasteiger partial charge in [0.25, 0.3) is 0 Å². The molecule has 0 radical (unpaired) electrons. The fourth-order valence-corrected chi connectivity index (χ4v) is 3.27. The summed E-state index contributed by atoms with van der Waals surface area (Å²) in [6.45, 7) is 2.92. The van der Waals surface area contributed by atoms with Crippen molar-refractivity contribution < 1.29 is 24.2 Å². The summed E-state index contributed by atoms with van der Waals surface area (Å²) in [6.07, 6.45) is 2.62. The molecular weight excluding hydrogens is 336 g/mol. The number of nitrogens with zero attached hydrogens (tertiary/aromatic N) is 1. The lowest BCUT2D eigenvalue weighted by Gasteiger charge is -2.30. The van der Waals surface area contributed by atoms with Gasteiger partial charge in [0.05, 0.1) is 26.7 Å². The first-order valence-electron chi connectivity index (χ1n) is 8.97. The van der Waals surface area contributed by atoms with Crippen molar-refractivity contribution in [3.8, 4) is 11.5 Å². The van der Waals surface area contributed by atoms with E-state index in [1.54, 1.807) is 25.2 Å². The second-order valence-corrected chi connectivity index (χ2v) is 6.53. The lowest BCUT2D eigenvalue weighted by molar-refractivity contribution is -0.142. The molecule has 1 aromatic carbocycles. The molecule has 1 aromatic rings. The Morgan fingerprint density at radius 1 is 1.19 bits per heavy atom. The van der Waals surface area contributed by atoms with Crippen LogP contribution < -0.4 is 14.8 Å². The van der Waals surface area contributed by atoms with E-state index in [-0.39, 0.29) is 18.0 Å². The quantitative estimate of drug-likeness (QED) is 0.777. The number of hydrogen-bond acceptors (Lipinski definition) is 4. The molecule has 0 aliphatic heterocycles. The van der Waals surface area contributed by atoms with Gasteiger partial charge in [0, 0.05) is 24.2 Å². The van der Waals surface area contributed by atoms with E-state index >= 15 is 0 Å². The Morgan fingerprint density at radius 3 is 2.42 bits per heavy atom. The summed E-state index contributed by atoms with van der Waals surface area (Å²) < 4.78 is 10.6. The summed E-state index contributed by atoms with van der Waals surface area (Å²) in [5.41, 5.74) is 0.903. The molecule has 0 saturated heterocycles. The van der Waals surface area contributed by atoms with Crippen molar-refractivity contribution in [1.82, 2.24) is 10.2 Å². The SMILES string of the molecule is CCN(Cc1ccc(OC)cc1OC)C(=O)NC1CCC(C(=O)O)CC1. The molecule has 0 atom stereocenters. The van der Waals surface area contributed by atoms with Crippen LogP contribution in [0, 0.1) is 5.92 Å². The van der Waals surface area contributed by atoms with Crippen LogP contribution in [0.25, 0.3) is 0 Å². The number of carboxylic acids is 1. The van der Waals surface area contributed by atoms with Crippen LogP contribution in [-0.2, 0) is 11.3 Å². The molecule has 0 unspecified atom stereocenters. The number of hydrogen-bond donors (Lipinski definition) is 2. The minimum absolute atomic E-state index is 0.0323. The Labute approximate surface area is 154 Å². The zero-order chi connectivity index (χ0) is 19.1. The fraction of sp³-hybridized carbons (Fsp3) is 0.579. The van der Waals surface area contributed by atoms with E-state index in [0.717, 1.165) is 5.56 Å². The molecule has 7 heteroatoms. The number of rotatable bonds is 7. The van der Waals surface area contributed by atoms with Crippen molar-refractivity contribution in [3.63, 3.8) is 0 Å². The molecule has 1 fully saturated rings. The Hall–Kier alpha value is -2.44. The highest BCUT2D eigenvalue weighted by Crippen LogP contribution is 2.27. The second kappa shape index (κ2) is 9.31. The van der Waals surface area contributed by atoms with Crippen LogP contribution in [0.15, 0.2) is 18.2 Å². The normalized spacial score (nSPS) is 19.5. The summed E-state index contributed by atoms with van der Waals surface area (Å²) in [5.74, 6) is 0.358. The molecular formula is C19H28N2O5. The van der Waals surface area contributed by atoms with E-state index in [9.17, 15) is 9.59 Å². The van der Waals surface area contributed by atoms with Gasteiger partial charge in [-0.2, -0.15) is 0 Å². The maximum Gasteiger partial charge on any atom is 0.317 e. The van der Waals surface area contributed by atoms with Gasteiger partial charge in [0.1, 0.15) is 11.5 Å². The minimum atomic E-state index is -0.739. The molecule has 2 N–H and O–H groups in total. The van der Waals surface area contributed by atoms with Crippen LogP contribution in [0.2, 0.25) is 0 Å². The maximum absolute atomic E-state index is 12.6. The van der Waals surface area contributed by atoms with E-state index in [4.69, 9.17) is 14.6 Å². The summed E-state index contributed by atoms with van der Waals surface area (Å²) in [4.78, 5) is 25.4. The Kier molecular flexibility index (Phi) is 7.12. The molecule has 1 aliphatic carbocycles. The predicted octanol–water partition coefficient (Wildman–Crippen LogP) is 2.88. The number of carbonyl (C=O) groups is 2. The van der Waals surface area contributed by atoms with Gasteiger partial charge in [-0.1, -0.05) is 0 Å². The highest BCUT2D eigenvalue weighted by Gasteiger charge is 2.27. The summed E-state index contributed by atoms with van der Waals surface area (Å²) in [5, 5.41) is 12.1. The Morgan fingerprint density at radius 2 is 1.88 bits per heavy atom. The number of carbonyl (C=O) groups excluding carboxylic acids is 1. The molecule has 144 valence electrons. The number of ether oxygens (including phenoxy) is 2. The third-order valence-corrected chi connectivity index (χ3v) is 4.93. The molecule has 1 saturated carbocycles. The lowest BCUT2D eigenvalue weighted by Crippen LogP contribution is -2.46. The smallest absolute Gasteiger partial charge is 0.317 e. The number of urea groups is 1. The monoisotopic (exact) mass is 364 g/mol. The molecule has 26 heavy (non-hydrogen) atoms. The number of methoxy groups -OCH3 is 2. The standard InChI is InChI=1S/C19H28N2O5/c1-4-21(12-14-7-10-16(25-2)11-17(14)26-3)19(24)20-15-8-5-13(6-9-15)18(22)23/h7,10-11,13,15H,4-6,8-9,12H2,1-3H3,(H,20,24)(H,22,23). The lowest BCUT2D eigenvalue weighted by atomic mass is 9.86. The number of carboxylic acid groups (broad SMARTS) is 1. The molecule has 7 nitrogen and oxygen atoms in total. The van der Waals surface area contributed by atoms with Gasteiger partial charge in [-0.15, -0.1) is 0 Å². The molecule has 2 amide bonds. The topological polar surface area (TPSA) is 88.1 Å². The van der Waals surface area contributed by atoms with Crippen molar-refractivity contribution in [2.24, 2.45) is 5.92 Å². The first-order valence-corrected chi connectivity index (χ1v) is 8.97. The van der Waals surface area contributed by atoms with Gasteiger partial charge in [0.15, 0.2) is 0 Å². The van der Waals surface area contributed by atoms with Crippen molar-refractivity contribution in [2.45, 2.75) is 45.2 Å². The highest BCUT2D eigenvalue weighted by molar-refractivity contribution is 5.75. The maximum atomic E-state index is 12.6. The predicted molar refractivity (Wildman–Crippen MR) is 97.5 cm³/mol. The Balaban J connectivity index is 1.96. The largest absolute Gasteiger partial charge is 0.497 e. The number of amides is 2. The van der Waals surface area contributed by atoms with Crippen LogP contribution in [0.3, 0.4) is 0 Å². The highest BCUT2D eigenvalue weighted by atomic mass is 16.5. The second-order valence-electron chi connectivity index (χ2n) is 6.53. The molecule has 1 aliphatic rings. The summed E-state index contributed by atoms with van der Waals surface area (Å²) in [7, 11) is 3.19. The number of aliphatic carboxylic acids is 1. The van der Waals surface area contributed by atoms with Gasteiger partial charge in [-0.05, 0) is 44.7 Å². The molecule has 0 heterocycles. The third-order valence-electron chi connectivity index (χ3n) is 4.93. The molecule has 0 spiro atoms. The van der Waals surface area contributed by atoms with Crippen molar-refractivity contribution >= 4 is 12.0 Å². The minimum Gasteiger partial charge on any atom is -0.497 e. The van der Waals surface area contributed by atoms with Gasteiger partial charge in [0.2, 0.25) is 0 Å². The van der Waals surface area contributed by atoms with Crippen molar-refractivity contribution in [1.29, 1.82) is 0 Å². The van der Waals surface area contributed by atoms with E-state index < -0.39 is 5.97 Å². The van der Waals surface area contributed by atoms with Gasteiger partial charge < -0.3 is 24.8 Å². The average Bonchev–Trinajstić information content (AvgIpc) is 2.66. The van der Waals surface area contributed by atoms with Crippen molar-refractivity contribution in [2.75, 3.05) is 20.8 Å². The number of benzene rings is 1. The Bertz CT molecular complexity index is 626. The van der Waals surface area contributed by atoms with Crippen molar-refractivity contribution in [3.05, 3.63) is 23.8 Å². The van der Waals surface area contributed by atoms with Crippen LogP contribution in [0.1, 0.15) is 38.2 Å². The molecule has 2 rings (SSSR count). The zero-order valence-corrected chi connectivity index (χ0v) is 15.7. The van der Waals surface area contributed by atoms with Gasteiger partial charge in [-0.25, -0.2) is 4.79 Å². The fourth-order valence-electron chi connectivity index (χ4n) is 3.27. The third kappa shape index (κ3) is 5.03. The average molecular weight is 364 g/mol. The molecule has 0 aromatic heterocycles.